The number of rotatable bonds is 1. The maximum atomic E-state index is 10.6. The molecule has 11 heavy (non-hydrogen) atoms. The number of benzene rings is 1. The van der Waals surface area contributed by atoms with Gasteiger partial charge in [0, 0.05) is 0 Å². The zero-order valence-corrected chi connectivity index (χ0v) is 10.0. The van der Waals surface area contributed by atoms with Crippen molar-refractivity contribution in [3.63, 3.8) is 0 Å². The first kappa shape index (κ1) is 11.4. The first-order valence-electron chi connectivity index (χ1n) is 3.13. The molecule has 0 aromatic heterocycles. The Morgan fingerprint density at radius 2 is 1.73 bits per heavy atom. The van der Waals surface area contributed by atoms with Crippen LogP contribution in [0.15, 0.2) is 30.8 Å². The van der Waals surface area contributed by atoms with E-state index in [1.54, 1.807) is 12.1 Å². The summed E-state index contributed by atoms with van der Waals surface area (Å²) in [5.41, 5.74) is 1.83. The zero-order chi connectivity index (χ0) is 7.56. The molecule has 0 N–H and O–H groups in total. The van der Waals surface area contributed by atoms with Gasteiger partial charge in [-0.1, -0.05) is 29.8 Å². The van der Waals surface area contributed by atoms with Crippen LogP contribution in [0.4, 0.5) is 0 Å². The number of hydrogen-bond acceptors (Lipinski definition) is 1. The van der Waals surface area contributed by atoms with E-state index < -0.39 is 0 Å². The van der Waals surface area contributed by atoms with E-state index in [9.17, 15) is 5.11 Å². The molecule has 0 aliphatic rings. The summed E-state index contributed by atoms with van der Waals surface area (Å²) >= 11 is 0. The van der Waals surface area contributed by atoms with Crippen molar-refractivity contribution < 1.29 is 56.5 Å². The molecule has 52 valence electrons. The summed E-state index contributed by atoms with van der Waals surface area (Å²) in [6.45, 7) is 5.28. The standard InChI is InChI=1S/C9H10O.K/c1-7-3-5-9(6-4-7)8(2)10;/h3-6,10H,2H2,1H3;/q;+1/p-1. The van der Waals surface area contributed by atoms with Crippen LogP contribution in [0.5, 0.6) is 0 Å². The fourth-order valence-corrected chi connectivity index (χ4v) is 0.739. The molecule has 0 radical (unpaired) electrons. The van der Waals surface area contributed by atoms with E-state index >= 15 is 0 Å². The molecular weight excluding hydrogens is 163 g/mol. The van der Waals surface area contributed by atoms with E-state index in [0.29, 0.717) is 5.56 Å². The number of aryl methyl sites for hydroxylation is 1. The smallest absolute Gasteiger partial charge is 0.872 e. The second kappa shape index (κ2) is 5.11. The third-order valence-corrected chi connectivity index (χ3v) is 1.37. The molecule has 1 aromatic carbocycles. The maximum absolute atomic E-state index is 10.6. The molecule has 0 fully saturated rings. The van der Waals surface area contributed by atoms with Gasteiger partial charge in [-0.25, -0.2) is 0 Å². The predicted octanol–water partition coefficient (Wildman–Crippen LogP) is -1.67. The van der Waals surface area contributed by atoms with Gasteiger partial charge in [0.05, 0.1) is 0 Å². The van der Waals surface area contributed by atoms with E-state index in [1.807, 2.05) is 19.1 Å². The van der Waals surface area contributed by atoms with Crippen molar-refractivity contribution in [3.05, 3.63) is 42.0 Å². The maximum Gasteiger partial charge on any atom is 1.00 e. The predicted molar refractivity (Wildman–Crippen MR) is 40.2 cm³/mol. The Bertz CT molecular complexity index is 238. The Balaban J connectivity index is 0.000001000. The fraction of sp³-hybridized carbons (Fsp3) is 0.111. The van der Waals surface area contributed by atoms with Crippen LogP contribution in [0.2, 0.25) is 0 Å². The van der Waals surface area contributed by atoms with Crippen molar-refractivity contribution in [3.8, 4) is 0 Å². The largest absolute Gasteiger partial charge is 1.00 e. The Morgan fingerprint density at radius 1 is 1.27 bits per heavy atom. The second-order valence-corrected chi connectivity index (χ2v) is 2.29. The van der Waals surface area contributed by atoms with E-state index in [1.165, 1.54) is 0 Å². The third-order valence-electron chi connectivity index (χ3n) is 1.37. The Labute approximate surface area is 110 Å². The minimum Gasteiger partial charge on any atom is -0.872 e. The van der Waals surface area contributed by atoms with Crippen LogP contribution in [0.25, 0.3) is 5.76 Å². The van der Waals surface area contributed by atoms with Crippen LogP contribution >= 0.6 is 0 Å². The molecule has 0 unspecified atom stereocenters. The van der Waals surface area contributed by atoms with E-state index in [2.05, 4.69) is 6.58 Å². The van der Waals surface area contributed by atoms with Gasteiger partial charge in [-0.3, -0.25) is 0 Å². The molecule has 1 nitrogen and oxygen atoms in total. The molecule has 0 heterocycles. The SMILES string of the molecule is C=C([O-])c1ccc(C)cc1.[K+]. The van der Waals surface area contributed by atoms with Crippen molar-refractivity contribution >= 4 is 5.76 Å². The van der Waals surface area contributed by atoms with Crippen molar-refractivity contribution in [1.29, 1.82) is 0 Å². The van der Waals surface area contributed by atoms with Crippen LogP contribution in [0, 0.1) is 6.92 Å². The summed E-state index contributed by atoms with van der Waals surface area (Å²) in [4.78, 5) is 0. The van der Waals surface area contributed by atoms with E-state index in [0.717, 1.165) is 5.56 Å². The molecule has 0 saturated carbocycles. The third kappa shape index (κ3) is 3.54. The molecule has 1 rings (SSSR count). The molecule has 0 atom stereocenters. The van der Waals surface area contributed by atoms with Gasteiger partial charge in [0.2, 0.25) is 0 Å². The first-order chi connectivity index (χ1) is 4.70. The van der Waals surface area contributed by atoms with Gasteiger partial charge in [0.25, 0.3) is 0 Å². The molecule has 0 bridgehead atoms. The summed E-state index contributed by atoms with van der Waals surface area (Å²) in [6.07, 6.45) is 0. The average Bonchev–Trinajstić information content (AvgIpc) is 1.88. The molecule has 0 amide bonds. The normalized spacial score (nSPS) is 8.45. The van der Waals surface area contributed by atoms with E-state index in [-0.39, 0.29) is 57.1 Å². The topological polar surface area (TPSA) is 23.1 Å². The van der Waals surface area contributed by atoms with Crippen molar-refractivity contribution in [2.24, 2.45) is 0 Å². The van der Waals surface area contributed by atoms with Crippen molar-refractivity contribution in [2.75, 3.05) is 0 Å². The molecular formula is C9H9KO. The molecule has 0 saturated heterocycles. The first-order valence-corrected chi connectivity index (χ1v) is 3.13. The fourth-order valence-electron chi connectivity index (χ4n) is 0.739. The zero-order valence-electron chi connectivity index (χ0n) is 6.92. The van der Waals surface area contributed by atoms with Gasteiger partial charge >= 0.3 is 51.4 Å². The van der Waals surface area contributed by atoms with Crippen LogP contribution < -0.4 is 56.5 Å². The van der Waals surface area contributed by atoms with Crippen molar-refractivity contribution in [1.82, 2.24) is 0 Å². The van der Waals surface area contributed by atoms with Crippen LogP contribution in [0.1, 0.15) is 11.1 Å². The summed E-state index contributed by atoms with van der Waals surface area (Å²) in [5, 5.41) is 10.6. The molecule has 1 aromatic rings. The molecule has 0 aliphatic heterocycles. The molecule has 0 aliphatic carbocycles. The van der Waals surface area contributed by atoms with E-state index in [4.69, 9.17) is 0 Å². The molecule has 2 heteroatoms. The van der Waals surface area contributed by atoms with Gasteiger partial charge in [0.1, 0.15) is 0 Å². The summed E-state index contributed by atoms with van der Waals surface area (Å²) in [7, 11) is 0. The van der Waals surface area contributed by atoms with Crippen LogP contribution in [0.3, 0.4) is 0 Å². The monoisotopic (exact) mass is 172 g/mol. The summed E-state index contributed by atoms with van der Waals surface area (Å²) < 4.78 is 0. The Morgan fingerprint density at radius 3 is 2.09 bits per heavy atom. The van der Waals surface area contributed by atoms with Crippen LogP contribution in [-0.2, 0) is 0 Å². The van der Waals surface area contributed by atoms with Crippen LogP contribution in [-0.4, -0.2) is 0 Å². The van der Waals surface area contributed by atoms with Crippen molar-refractivity contribution in [2.45, 2.75) is 6.92 Å². The summed E-state index contributed by atoms with van der Waals surface area (Å²) in [6, 6.07) is 7.37. The van der Waals surface area contributed by atoms with Gasteiger partial charge in [-0.15, -0.1) is 12.3 Å². The minimum atomic E-state index is -0.125. The van der Waals surface area contributed by atoms with Gasteiger partial charge in [0.15, 0.2) is 0 Å². The Hall–Kier alpha value is 0.396. The van der Waals surface area contributed by atoms with Gasteiger partial charge in [-0.2, -0.15) is 0 Å². The quantitative estimate of drug-likeness (QED) is 0.367. The van der Waals surface area contributed by atoms with Gasteiger partial charge in [-0.05, 0) is 12.5 Å². The molecule has 0 spiro atoms. The Kier molecular flexibility index (Phi) is 5.30. The minimum absolute atomic E-state index is 0. The second-order valence-electron chi connectivity index (χ2n) is 2.29. The van der Waals surface area contributed by atoms with Gasteiger partial charge < -0.3 is 5.11 Å². The average molecular weight is 172 g/mol. The number of hydrogen-bond donors (Lipinski definition) is 0. The summed E-state index contributed by atoms with van der Waals surface area (Å²) in [5.74, 6) is -0.125.